The molecule has 0 unspecified atom stereocenters. The lowest BCUT2D eigenvalue weighted by atomic mass is 9.97. The molecule has 1 aromatic carbocycles. The van der Waals surface area contributed by atoms with Crippen LogP contribution < -0.4 is 9.47 Å². The number of hydrogen-bond acceptors (Lipinski definition) is 5. The van der Waals surface area contributed by atoms with Gasteiger partial charge in [0.1, 0.15) is 6.61 Å². The molecule has 2 aliphatic heterocycles. The van der Waals surface area contributed by atoms with Gasteiger partial charge in [-0.25, -0.2) is 0 Å². The number of likely N-dealkylation sites (tertiary alicyclic amines) is 1. The summed E-state index contributed by atoms with van der Waals surface area (Å²) in [6, 6.07) is 7.30. The lowest BCUT2D eigenvalue weighted by Crippen LogP contribution is -2.50. The molecule has 6 heteroatoms. The van der Waals surface area contributed by atoms with Crippen molar-refractivity contribution in [2.45, 2.75) is 25.9 Å². The van der Waals surface area contributed by atoms with E-state index in [1.165, 1.54) is 0 Å². The molecule has 2 aliphatic rings. The van der Waals surface area contributed by atoms with Gasteiger partial charge in [0.05, 0.1) is 12.5 Å². The van der Waals surface area contributed by atoms with Crippen molar-refractivity contribution in [3.05, 3.63) is 24.3 Å². The zero-order valence-corrected chi connectivity index (χ0v) is 13.2. The van der Waals surface area contributed by atoms with Crippen LogP contribution in [0.5, 0.6) is 11.5 Å². The van der Waals surface area contributed by atoms with Crippen molar-refractivity contribution in [3.8, 4) is 11.5 Å². The van der Waals surface area contributed by atoms with Crippen molar-refractivity contribution in [1.82, 2.24) is 4.90 Å². The summed E-state index contributed by atoms with van der Waals surface area (Å²) in [4.78, 5) is 26.2. The van der Waals surface area contributed by atoms with Gasteiger partial charge in [-0.05, 0) is 31.9 Å². The van der Waals surface area contributed by atoms with Gasteiger partial charge >= 0.3 is 5.97 Å². The fourth-order valence-corrected chi connectivity index (χ4v) is 2.97. The van der Waals surface area contributed by atoms with E-state index in [1.807, 2.05) is 18.2 Å². The number of carbonyl (C=O) groups excluding carboxylic acids is 2. The predicted octanol–water partition coefficient (Wildman–Crippen LogP) is 1.63. The van der Waals surface area contributed by atoms with E-state index in [-0.39, 0.29) is 24.4 Å². The number of hydrogen-bond donors (Lipinski definition) is 0. The number of esters is 1. The topological polar surface area (TPSA) is 65.1 Å². The second-order valence-corrected chi connectivity index (χ2v) is 5.74. The predicted molar refractivity (Wildman–Crippen MR) is 82.3 cm³/mol. The molecule has 2 atom stereocenters. The van der Waals surface area contributed by atoms with Crippen LogP contribution in [0.1, 0.15) is 19.8 Å². The van der Waals surface area contributed by atoms with E-state index in [4.69, 9.17) is 14.2 Å². The summed E-state index contributed by atoms with van der Waals surface area (Å²) in [7, 11) is 0. The number of ether oxygens (including phenoxy) is 3. The first-order valence-corrected chi connectivity index (χ1v) is 8.03. The second-order valence-electron chi connectivity index (χ2n) is 5.74. The van der Waals surface area contributed by atoms with Gasteiger partial charge in [0.2, 0.25) is 6.10 Å². The maximum Gasteiger partial charge on any atom is 0.310 e. The number of benzene rings is 1. The highest BCUT2D eigenvalue weighted by molar-refractivity contribution is 5.83. The number of rotatable bonds is 3. The monoisotopic (exact) mass is 319 g/mol. The third-order valence-electron chi connectivity index (χ3n) is 4.14. The number of amides is 1. The summed E-state index contributed by atoms with van der Waals surface area (Å²) >= 11 is 0. The molecule has 1 amide bonds. The quantitative estimate of drug-likeness (QED) is 0.792. The number of nitrogens with zero attached hydrogens (tertiary/aromatic N) is 1. The molecule has 0 bridgehead atoms. The SMILES string of the molecule is CCOC(=O)[C@H]1CCCN(C(=O)[C@@H]2COc3ccccc3O2)C1. The molecule has 0 aromatic heterocycles. The van der Waals surface area contributed by atoms with Crippen molar-refractivity contribution in [2.75, 3.05) is 26.3 Å². The minimum atomic E-state index is -0.661. The molecule has 6 nitrogen and oxygen atoms in total. The molecule has 23 heavy (non-hydrogen) atoms. The number of piperidine rings is 1. The van der Waals surface area contributed by atoms with Gasteiger partial charge in [-0.2, -0.15) is 0 Å². The highest BCUT2D eigenvalue weighted by Gasteiger charge is 2.35. The number of fused-ring (bicyclic) bond motifs is 1. The zero-order chi connectivity index (χ0) is 16.2. The molecule has 0 aliphatic carbocycles. The molecule has 0 spiro atoms. The Morgan fingerprint density at radius 2 is 2.09 bits per heavy atom. The Bertz CT molecular complexity index is 588. The van der Waals surface area contributed by atoms with Crippen LogP contribution in [-0.4, -0.2) is 49.2 Å². The molecule has 1 fully saturated rings. The fourth-order valence-electron chi connectivity index (χ4n) is 2.97. The van der Waals surface area contributed by atoms with Gasteiger partial charge < -0.3 is 19.1 Å². The Morgan fingerprint density at radius 3 is 2.87 bits per heavy atom. The van der Waals surface area contributed by atoms with Crippen LogP contribution in [-0.2, 0) is 14.3 Å². The zero-order valence-electron chi connectivity index (χ0n) is 13.2. The van der Waals surface area contributed by atoms with Crippen molar-refractivity contribution in [1.29, 1.82) is 0 Å². The second kappa shape index (κ2) is 6.89. The normalized spacial score (nSPS) is 23.3. The van der Waals surface area contributed by atoms with Gasteiger partial charge in [0.25, 0.3) is 5.91 Å². The van der Waals surface area contributed by atoms with Crippen LogP contribution in [0.2, 0.25) is 0 Å². The Kier molecular flexibility index (Phi) is 4.69. The average molecular weight is 319 g/mol. The molecule has 2 heterocycles. The van der Waals surface area contributed by atoms with Gasteiger partial charge in [-0.1, -0.05) is 12.1 Å². The van der Waals surface area contributed by atoms with Crippen LogP contribution in [0.4, 0.5) is 0 Å². The van der Waals surface area contributed by atoms with E-state index >= 15 is 0 Å². The summed E-state index contributed by atoms with van der Waals surface area (Å²) in [5.74, 6) is 0.629. The highest BCUT2D eigenvalue weighted by Crippen LogP contribution is 2.31. The summed E-state index contributed by atoms with van der Waals surface area (Å²) in [6.07, 6.45) is 0.887. The maximum atomic E-state index is 12.7. The first kappa shape index (κ1) is 15.6. The standard InChI is InChI=1S/C17H21NO5/c1-2-21-17(20)12-6-5-9-18(10-12)16(19)15-11-22-13-7-3-4-8-14(13)23-15/h3-4,7-8,12,15H,2,5-6,9-11H2,1H3/t12-,15-/m0/s1. The van der Waals surface area contributed by atoms with Crippen LogP contribution in [0.25, 0.3) is 0 Å². The average Bonchev–Trinajstić information content (AvgIpc) is 2.61. The third kappa shape index (κ3) is 3.41. The molecular formula is C17H21NO5. The molecule has 124 valence electrons. The Balaban J connectivity index is 1.63. The first-order valence-electron chi connectivity index (χ1n) is 8.03. The molecule has 3 rings (SSSR count). The molecular weight excluding hydrogens is 298 g/mol. The van der Waals surface area contributed by atoms with Gasteiger partial charge in [0.15, 0.2) is 11.5 Å². The molecule has 0 radical (unpaired) electrons. The molecule has 0 N–H and O–H groups in total. The third-order valence-corrected chi connectivity index (χ3v) is 4.14. The maximum absolute atomic E-state index is 12.7. The van der Waals surface area contributed by atoms with E-state index in [2.05, 4.69) is 0 Å². The minimum Gasteiger partial charge on any atom is -0.485 e. The smallest absolute Gasteiger partial charge is 0.310 e. The summed E-state index contributed by atoms with van der Waals surface area (Å²) in [5, 5.41) is 0. The molecule has 1 saturated heterocycles. The van der Waals surface area contributed by atoms with E-state index in [9.17, 15) is 9.59 Å². The Morgan fingerprint density at radius 1 is 1.30 bits per heavy atom. The van der Waals surface area contributed by atoms with Crippen LogP contribution >= 0.6 is 0 Å². The van der Waals surface area contributed by atoms with E-state index < -0.39 is 6.10 Å². The summed E-state index contributed by atoms with van der Waals surface area (Å²) in [6.45, 7) is 3.36. The van der Waals surface area contributed by atoms with Gasteiger partial charge in [0, 0.05) is 13.1 Å². The first-order chi connectivity index (χ1) is 11.2. The molecule has 0 saturated carbocycles. The van der Waals surface area contributed by atoms with Gasteiger partial charge in [-0.3, -0.25) is 9.59 Å². The lowest BCUT2D eigenvalue weighted by molar-refractivity contribution is -0.153. The van der Waals surface area contributed by atoms with Crippen molar-refractivity contribution < 1.29 is 23.8 Å². The van der Waals surface area contributed by atoms with Gasteiger partial charge in [-0.15, -0.1) is 0 Å². The van der Waals surface area contributed by atoms with E-state index in [0.29, 0.717) is 31.2 Å². The Labute approximate surface area is 135 Å². The van der Waals surface area contributed by atoms with E-state index in [0.717, 1.165) is 12.8 Å². The largest absolute Gasteiger partial charge is 0.485 e. The highest BCUT2D eigenvalue weighted by atomic mass is 16.6. The Hall–Kier alpha value is -2.24. The van der Waals surface area contributed by atoms with Crippen molar-refractivity contribution in [2.24, 2.45) is 5.92 Å². The number of para-hydroxylation sites is 2. The van der Waals surface area contributed by atoms with E-state index in [1.54, 1.807) is 17.9 Å². The minimum absolute atomic E-state index is 0.131. The van der Waals surface area contributed by atoms with Crippen LogP contribution in [0.3, 0.4) is 0 Å². The van der Waals surface area contributed by atoms with Crippen LogP contribution in [0.15, 0.2) is 24.3 Å². The summed E-state index contributed by atoms with van der Waals surface area (Å²) < 4.78 is 16.4. The molecule has 1 aromatic rings. The van der Waals surface area contributed by atoms with Crippen LogP contribution in [0, 0.1) is 5.92 Å². The van der Waals surface area contributed by atoms with Crippen molar-refractivity contribution >= 4 is 11.9 Å². The summed E-state index contributed by atoms with van der Waals surface area (Å²) in [5.41, 5.74) is 0. The van der Waals surface area contributed by atoms with Crippen molar-refractivity contribution in [3.63, 3.8) is 0 Å². The fraction of sp³-hybridized carbons (Fsp3) is 0.529. The number of carbonyl (C=O) groups is 2. The lowest BCUT2D eigenvalue weighted by Gasteiger charge is -2.35.